The van der Waals surface area contributed by atoms with Crippen LogP contribution in [-0.4, -0.2) is 11.2 Å². The molecule has 0 aromatic heterocycles. The lowest BCUT2D eigenvalue weighted by Crippen LogP contribution is -2.12. The van der Waals surface area contributed by atoms with E-state index in [2.05, 4.69) is 11.9 Å². The number of benzene rings is 1. The number of hydrogen-bond acceptors (Lipinski definition) is 3. The fourth-order valence-electron chi connectivity index (χ4n) is 3.31. The van der Waals surface area contributed by atoms with Gasteiger partial charge >= 0.3 is 0 Å². The van der Waals surface area contributed by atoms with Crippen molar-refractivity contribution in [2.75, 3.05) is 0 Å². The molecule has 0 radical (unpaired) electrons. The molecule has 1 aromatic carbocycles. The Morgan fingerprint density at radius 1 is 1.33 bits per heavy atom. The van der Waals surface area contributed by atoms with Crippen LogP contribution < -0.4 is 0 Å². The van der Waals surface area contributed by atoms with Crippen molar-refractivity contribution in [1.82, 2.24) is 0 Å². The van der Waals surface area contributed by atoms with E-state index in [1.165, 1.54) is 24.0 Å². The van der Waals surface area contributed by atoms with E-state index >= 15 is 0 Å². The summed E-state index contributed by atoms with van der Waals surface area (Å²) in [5.41, 5.74) is 4.17. The summed E-state index contributed by atoms with van der Waals surface area (Å²) in [6.45, 7) is 2.06. The third-order valence-electron chi connectivity index (χ3n) is 4.35. The Morgan fingerprint density at radius 3 is 2.72 bits per heavy atom. The van der Waals surface area contributed by atoms with Gasteiger partial charge in [-0.15, -0.1) is 0 Å². The summed E-state index contributed by atoms with van der Waals surface area (Å²) in [7, 11) is 0. The van der Waals surface area contributed by atoms with Gasteiger partial charge in [0.05, 0.1) is 0 Å². The lowest BCUT2D eigenvalue weighted by Gasteiger charge is -2.23. The fraction of sp³-hybridized carbons (Fsp3) is 0.533. The predicted octanol–water partition coefficient (Wildman–Crippen LogP) is 2.90. The van der Waals surface area contributed by atoms with Crippen molar-refractivity contribution in [3.8, 4) is 5.75 Å². The maximum atomic E-state index is 10.6. The molecular weight excluding hydrogens is 226 g/mol. The first-order valence-corrected chi connectivity index (χ1v) is 6.62. The van der Waals surface area contributed by atoms with Gasteiger partial charge in [0.2, 0.25) is 6.08 Å². The summed E-state index contributed by atoms with van der Waals surface area (Å²) in [5, 5.41) is 10.3. The van der Waals surface area contributed by atoms with Gasteiger partial charge in [0.15, 0.2) is 0 Å². The molecule has 0 bridgehead atoms. The molecule has 1 saturated carbocycles. The molecule has 0 spiro atoms. The lowest BCUT2D eigenvalue weighted by atomic mass is 9.83. The number of phenolic OH excluding ortho intramolecular Hbond substituents is 1. The third-order valence-corrected chi connectivity index (χ3v) is 4.35. The minimum absolute atomic E-state index is 0.310. The molecular formula is C15H17NO2. The van der Waals surface area contributed by atoms with Crippen LogP contribution in [0.2, 0.25) is 0 Å². The molecule has 0 heterocycles. The molecule has 0 amide bonds. The van der Waals surface area contributed by atoms with Crippen LogP contribution in [0.4, 0.5) is 0 Å². The maximum absolute atomic E-state index is 10.6. The van der Waals surface area contributed by atoms with Crippen molar-refractivity contribution in [2.45, 2.75) is 51.0 Å². The number of fused-ring (bicyclic) bond motifs is 1. The van der Waals surface area contributed by atoms with E-state index in [1.807, 2.05) is 6.07 Å². The first kappa shape index (κ1) is 11.5. The van der Waals surface area contributed by atoms with Crippen LogP contribution in [0.25, 0.3) is 0 Å². The van der Waals surface area contributed by atoms with E-state index in [4.69, 9.17) is 0 Å². The van der Waals surface area contributed by atoms with Crippen LogP contribution in [0.3, 0.4) is 0 Å². The number of aliphatic imine (C=N–C) groups is 1. The number of phenols is 1. The summed E-state index contributed by atoms with van der Waals surface area (Å²) < 4.78 is 0. The van der Waals surface area contributed by atoms with Gasteiger partial charge in [0, 0.05) is 5.56 Å². The predicted molar refractivity (Wildman–Crippen MR) is 68.5 cm³/mol. The lowest BCUT2D eigenvalue weighted by molar-refractivity contribution is 0.455. The quantitative estimate of drug-likeness (QED) is 0.641. The van der Waals surface area contributed by atoms with E-state index in [0.717, 1.165) is 36.8 Å². The Morgan fingerprint density at radius 2 is 2.06 bits per heavy atom. The molecule has 0 aliphatic heterocycles. The molecule has 94 valence electrons. The normalized spacial score (nSPS) is 19.8. The summed E-state index contributed by atoms with van der Waals surface area (Å²) in [4.78, 5) is 14.5. The molecule has 1 aromatic rings. The van der Waals surface area contributed by atoms with Gasteiger partial charge in [0.1, 0.15) is 11.3 Å². The van der Waals surface area contributed by atoms with Gasteiger partial charge in [-0.05, 0) is 68.2 Å². The monoisotopic (exact) mass is 243 g/mol. The number of nitrogens with zero attached hydrogens (tertiary/aromatic N) is 1. The second kappa shape index (κ2) is 3.96. The van der Waals surface area contributed by atoms with Crippen molar-refractivity contribution in [2.24, 2.45) is 4.99 Å². The van der Waals surface area contributed by atoms with Crippen LogP contribution in [0.1, 0.15) is 47.9 Å². The number of rotatable bonds is 2. The highest BCUT2D eigenvalue weighted by molar-refractivity contribution is 5.56. The molecule has 18 heavy (non-hydrogen) atoms. The zero-order chi connectivity index (χ0) is 12.8. The highest BCUT2D eigenvalue weighted by Crippen LogP contribution is 2.54. The fourth-order valence-corrected chi connectivity index (χ4v) is 3.31. The number of carbonyl (C=O) groups excluding carboxylic acids is 1. The number of aryl methyl sites for hydroxylation is 1. The van der Waals surface area contributed by atoms with E-state index in [9.17, 15) is 9.90 Å². The Labute approximate surface area is 107 Å². The standard InChI is InChI=1S/C15H17NO2/c1-10-12-5-3-2-4-11(12)8-13(18)14(10)15(6-7-15)16-9-17/h8,18H,2-7H2,1H3. The Bertz CT molecular complexity index is 552. The van der Waals surface area contributed by atoms with E-state index < -0.39 is 5.54 Å². The first-order chi connectivity index (χ1) is 8.68. The molecule has 1 N–H and O–H groups in total. The first-order valence-electron chi connectivity index (χ1n) is 6.62. The minimum Gasteiger partial charge on any atom is -0.508 e. The topological polar surface area (TPSA) is 49.7 Å². The summed E-state index contributed by atoms with van der Waals surface area (Å²) in [6, 6.07) is 1.89. The van der Waals surface area contributed by atoms with Crippen molar-refractivity contribution in [3.05, 3.63) is 28.3 Å². The Balaban J connectivity index is 2.18. The van der Waals surface area contributed by atoms with Crippen LogP contribution in [0.5, 0.6) is 5.75 Å². The van der Waals surface area contributed by atoms with Gasteiger partial charge in [-0.2, -0.15) is 4.99 Å². The number of aromatic hydroxyl groups is 1. The highest BCUT2D eigenvalue weighted by atomic mass is 16.3. The Hall–Kier alpha value is -1.60. The van der Waals surface area contributed by atoms with Crippen molar-refractivity contribution in [1.29, 1.82) is 0 Å². The summed E-state index contributed by atoms with van der Waals surface area (Å²) in [5.74, 6) is 0.310. The second-order valence-corrected chi connectivity index (χ2v) is 5.48. The second-order valence-electron chi connectivity index (χ2n) is 5.48. The van der Waals surface area contributed by atoms with Crippen molar-refractivity contribution < 1.29 is 9.90 Å². The van der Waals surface area contributed by atoms with Gasteiger partial charge in [0.25, 0.3) is 0 Å². The summed E-state index contributed by atoms with van der Waals surface area (Å²) >= 11 is 0. The molecule has 2 aliphatic carbocycles. The molecule has 0 unspecified atom stereocenters. The molecule has 0 atom stereocenters. The van der Waals surface area contributed by atoms with Gasteiger partial charge < -0.3 is 5.11 Å². The van der Waals surface area contributed by atoms with Crippen molar-refractivity contribution >= 4 is 6.08 Å². The average molecular weight is 243 g/mol. The van der Waals surface area contributed by atoms with Gasteiger partial charge in [-0.3, -0.25) is 0 Å². The van der Waals surface area contributed by atoms with E-state index in [-0.39, 0.29) is 0 Å². The molecule has 3 rings (SSSR count). The Kier molecular flexibility index (Phi) is 2.53. The smallest absolute Gasteiger partial charge is 0.235 e. The average Bonchev–Trinajstić information content (AvgIpc) is 3.10. The molecule has 1 fully saturated rings. The maximum Gasteiger partial charge on any atom is 0.235 e. The molecule has 2 aliphatic rings. The SMILES string of the molecule is Cc1c2c(cc(O)c1C1(N=C=O)CC1)CCCC2. The minimum atomic E-state index is -0.470. The van der Waals surface area contributed by atoms with Gasteiger partial charge in [-0.1, -0.05) is 0 Å². The van der Waals surface area contributed by atoms with E-state index in [0.29, 0.717) is 5.75 Å². The van der Waals surface area contributed by atoms with Crippen LogP contribution >= 0.6 is 0 Å². The highest BCUT2D eigenvalue weighted by Gasteiger charge is 2.48. The third kappa shape index (κ3) is 1.58. The zero-order valence-electron chi connectivity index (χ0n) is 10.6. The molecule has 3 heteroatoms. The van der Waals surface area contributed by atoms with Crippen LogP contribution in [0, 0.1) is 6.92 Å². The zero-order valence-corrected chi connectivity index (χ0v) is 10.6. The van der Waals surface area contributed by atoms with Gasteiger partial charge in [-0.25, -0.2) is 4.79 Å². The largest absolute Gasteiger partial charge is 0.508 e. The van der Waals surface area contributed by atoms with Crippen LogP contribution in [0.15, 0.2) is 11.1 Å². The number of isocyanates is 1. The molecule has 3 nitrogen and oxygen atoms in total. The molecule has 0 saturated heterocycles. The number of hydrogen-bond donors (Lipinski definition) is 1. The van der Waals surface area contributed by atoms with Crippen molar-refractivity contribution in [3.63, 3.8) is 0 Å². The van der Waals surface area contributed by atoms with E-state index in [1.54, 1.807) is 6.08 Å². The summed E-state index contributed by atoms with van der Waals surface area (Å²) in [6.07, 6.45) is 7.89. The van der Waals surface area contributed by atoms with Crippen LogP contribution in [-0.2, 0) is 23.2 Å².